The summed E-state index contributed by atoms with van der Waals surface area (Å²) in [5, 5.41) is 3.17. The van der Waals surface area contributed by atoms with Crippen LogP contribution in [0, 0.1) is 5.92 Å². The van der Waals surface area contributed by atoms with Crippen molar-refractivity contribution in [2.45, 2.75) is 51.0 Å². The first-order valence-electron chi connectivity index (χ1n) is 7.16. The maximum absolute atomic E-state index is 12.1. The summed E-state index contributed by atoms with van der Waals surface area (Å²) in [6.07, 6.45) is 8.09. The summed E-state index contributed by atoms with van der Waals surface area (Å²) in [5.41, 5.74) is 0. The molecule has 0 atom stereocenters. The van der Waals surface area contributed by atoms with E-state index in [0.29, 0.717) is 18.6 Å². The quantitative estimate of drug-likeness (QED) is 0.753. The molecule has 1 saturated heterocycles. The van der Waals surface area contributed by atoms with Crippen LogP contribution >= 0.6 is 0 Å². The van der Waals surface area contributed by atoms with E-state index in [1.807, 2.05) is 4.90 Å². The van der Waals surface area contributed by atoms with E-state index in [-0.39, 0.29) is 6.03 Å². The van der Waals surface area contributed by atoms with E-state index in [4.69, 9.17) is 5.90 Å². The van der Waals surface area contributed by atoms with Gasteiger partial charge in [0, 0.05) is 19.1 Å². The summed E-state index contributed by atoms with van der Waals surface area (Å²) in [7, 11) is 0. The molecule has 0 aromatic rings. The molecule has 5 nitrogen and oxygen atoms in total. The SMILES string of the molecule is NOCC1CCN(C(=O)NC2CCCCC2)CC1. The van der Waals surface area contributed by atoms with Crippen LogP contribution in [0.4, 0.5) is 4.79 Å². The molecule has 1 aliphatic heterocycles. The second kappa shape index (κ2) is 6.95. The standard InChI is InChI=1S/C13H25N3O2/c14-18-10-11-6-8-16(9-7-11)13(17)15-12-4-2-1-3-5-12/h11-12H,1-10,14H2,(H,15,17). The zero-order valence-electron chi connectivity index (χ0n) is 11.1. The molecule has 2 amide bonds. The number of nitrogens with zero attached hydrogens (tertiary/aromatic N) is 1. The highest BCUT2D eigenvalue weighted by molar-refractivity contribution is 5.74. The average Bonchev–Trinajstić information content (AvgIpc) is 2.41. The van der Waals surface area contributed by atoms with Crippen molar-refractivity contribution in [2.75, 3.05) is 19.7 Å². The first kappa shape index (κ1) is 13.6. The van der Waals surface area contributed by atoms with E-state index in [1.54, 1.807) is 0 Å². The summed E-state index contributed by atoms with van der Waals surface area (Å²) in [5.74, 6) is 5.59. The molecule has 0 unspecified atom stereocenters. The Kier molecular flexibility index (Phi) is 5.26. The number of carbonyl (C=O) groups is 1. The van der Waals surface area contributed by atoms with Crippen molar-refractivity contribution in [1.82, 2.24) is 10.2 Å². The van der Waals surface area contributed by atoms with Crippen LogP contribution in [0.15, 0.2) is 0 Å². The first-order valence-corrected chi connectivity index (χ1v) is 7.16. The molecule has 1 saturated carbocycles. The molecule has 1 heterocycles. The highest BCUT2D eigenvalue weighted by Gasteiger charge is 2.24. The molecule has 0 bridgehead atoms. The summed E-state index contributed by atoms with van der Waals surface area (Å²) in [6, 6.07) is 0.519. The lowest BCUT2D eigenvalue weighted by Crippen LogP contribution is -2.48. The van der Waals surface area contributed by atoms with Crippen LogP contribution < -0.4 is 11.2 Å². The van der Waals surface area contributed by atoms with Crippen LogP contribution in [0.3, 0.4) is 0 Å². The summed E-state index contributed by atoms with van der Waals surface area (Å²) in [4.78, 5) is 18.7. The second-order valence-electron chi connectivity index (χ2n) is 5.55. The molecule has 5 heteroatoms. The minimum Gasteiger partial charge on any atom is -0.335 e. The predicted molar refractivity (Wildman–Crippen MR) is 69.8 cm³/mol. The van der Waals surface area contributed by atoms with Gasteiger partial charge in [-0.05, 0) is 31.6 Å². The largest absolute Gasteiger partial charge is 0.335 e. The lowest BCUT2D eigenvalue weighted by molar-refractivity contribution is 0.0728. The third-order valence-electron chi connectivity index (χ3n) is 4.17. The molecule has 2 fully saturated rings. The van der Waals surface area contributed by atoms with E-state index < -0.39 is 0 Å². The van der Waals surface area contributed by atoms with Crippen LogP contribution in [0.2, 0.25) is 0 Å². The van der Waals surface area contributed by atoms with Crippen LogP contribution in [-0.4, -0.2) is 36.7 Å². The van der Waals surface area contributed by atoms with Crippen molar-refractivity contribution in [1.29, 1.82) is 0 Å². The minimum atomic E-state index is 0.119. The van der Waals surface area contributed by atoms with E-state index >= 15 is 0 Å². The summed E-state index contributed by atoms with van der Waals surface area (Å²) < 4.78 is 0. The number of urea groups is 1. The van der Waals surface area contributed by atoms with Gasteiger partial charge in [0.2, 0.25) is 0 Å². The van der Waals surface area contributed by atoms with Crippen LogP contribution in [-0.2, 0) is 4.84 Å². The molecular formula is C13H25N3O2. The summed E-state index contributed by atoms with van der Waals surface area (Å²) >= 11 is 0. The van der Waals surface area contributed by atoms with Gasteiger partial charge in [0.05, 0.1) is 6.61 Å². The molecule has 3 N–H and O–H groups in total. The van der Waals surface area contributed by atoms with Gasteiger partial charge in [-0.15, -0.1) is 0 Å². The van der Waals surface area contributed by atoms with Gasteiger partial charge in [-0.3, -0.25) is 0 Å². The van der Waals surface area contributed by atoms with Crippen molar-refractivity contribution < 1.29 is 9.63 Å². The van der Waals surface area contributed by atoms with Crippen molar-refractivity contribution in [3.63, 3.8) is 0 Å². The monoisotopic (exact) mass is 255 g/mol. The van der Waals surface area contributed by atoms with Crippen molar-refractivity contribution in [3.05, 3.63) is 0 Å². The third kappa shape index (κ3) is 3.85. The van der Waals surface area contributed by atoms with E-state index in [9.17, 15) is 4.79 Å². The molecule has 18 heavy (non-hydrogen) atoms. The molecule has 0 aromatic carbocycles. The average molecular weight is 255 g/mol. The van der Waals surface area contributed by atoms with Gasteiger partial charge in [0.1, 0.15) is 0 Å². The minimum absolute atomic E-state index is 0.119. The third-order valence-corrected chi connectivity index (χ3v) is 4.17. The Labute approximate surface area is 109 Å². The Balaban J connectivity index is 1.70. The zero-order valence-corrected chi connectivity index (χ0v) is 11.1. The van der Waals surface area contributed by atoms with Crippen LogP contribution in [0.25, 0.3) is 0 Å². The Morgan fingerprint density at radius 3 is 2.44 bits per heavy atom. The number of likely N-dealkylation sites (tertiary alicyclic amines) is 1. The number of nitrogens with two attached hydrogens (primary N) is 1. The number of nitrogens with one attached hydrogen (secondary N) is 1. The van der Waals surface area contributed by atoms with Gasteiger partial charge in [-0.25, -0.2) is 10.7 Å². The van der Waals surface area contributed by atoms with E-state index in [0.717, 1.165) is 38.8 Å². The van der Waals surface area contributed by atoms with Gasteiger partial charge < -0.3 is 15.1 Å². The maximum atomic E-state index is 12.1. The fourth-order valence-corrected chi connectivity index (χ4v) is 2.95. The number of rotatable bonds is 3. The Bertz CT molecular complexity index is 259. The Morgan fingerprint density at radius 1 is 1.17 bits per heavy atom. The highest BCUT2D eigenvalue weighted by atomic mass is 16.6. The van der Waals surface area contributed by atoms with Crippen molar-refractivity contribution >= 4 is 6.03 Å². The second-order valence-corrected chi connectivity index (χ2v) is 5.55. The summed E-state index contributed by atoms with van der Waals surface area (Å²) in [6.45, 7) is 2.26. The van der Waals surface area contributed by atoms with Gasteiger partial charge in [-0.1, -0.05) is 19.3 Å². The molecule has 2 aliphatic rings. The molecule has 2 rings (SSSR count). The number of amides is 2. The number of carbonyl (C=O) groups excluding carboxylic acids is 1. The molecule has 1 aliphatic carbocycles. The lowest BCUT2D eigenvalue weighted by Gasteiger charge is -2.33. The molecular weight excluding hydrogens is 230 g/mol. The molecule has 0 radical (unpaired) electrons. The first-order chi connectivity index (χ1) is 8.79. The molecule has 0 spiro atoms. The zero-order chi connectivity index (χ0) is 12.8. The van der Waals surface area contributed by atoms with Gasteiger partial charge in [0.25, 0.3) is 0 Å². The Morgan fingerprint density at radius 2 is 1.83 bits per heavy atom. The van der Waals surface area contributed by atoms with Gasteiger partial charge in [0.15, 0.2) is 0 Å². The normalized spacial score (nSPS) is 23.1. The van der Waals surface area contributed by atoms with Crippen molar-refractivity contribution in [3.8, 4) is 0 Å². The number of piperidine rings is 1. The van der Waals surface area contributed by atoms with Gasteiger partial charge in [-0.2, -0.15) is 0 Å². The fraction of sp³-hybridized carbons (Fsp3) is 0.923. The smallest absolute Gasteiger partial charge is 0.317 e. The topological polar surface area (TPSA) is 67.6 Å². The molecule has 0 aromatic heterocycles. The van der Waals surface area contributed by atoms with Crippen LogP contribution in [0.5, 0.6) is 0 Å². The fourth-order valence-electron chi connectivity index (χ4n) is 2.95. The van der Waals surface area contributed by atoms with E-state index in [2.05, 4.69) is 10.2 Å². The highest BCUT2D eigenvalue weighted by Crippen LogP contribution is 2.20. The van der Waals surface area contributed by atoms with Crippen molar-refractivity contribution in [2.24, 2.45) is 11.8 Å². The van der Waals surface area contributed by atoms with Gasteiger partial charge >= 0.3 is 6.03 Å². The number of hydrogen-bond acceptors (Lipinski definition) is 3. The maximum Gasteiger partial charge on any atom is 0.317 e. The Hall–Kier alpha value is -0.810. The number of hydrogen-bond donors (Lipinski definition) is 2. The van der Waals surface area contributed by atoms with E-state index in [1.165, 1.54) is 19.3 Å². The van der Waals surface area contributed by atoms with Crippen LogP contribution in [0.1, 0.15) is 44.9 Å². The lowest BCUT2D eigenvalue weighted by atomic mass is 9.95. The predicted octanol–water partition coefficient (Wildman–Crippen LogP) is 1.63. The molecule has 104 valence electrons.